The number of likely N-dealkylation sites (tertiary alicyclic amines) is 1. The largest absolute Gasteiger partial charge is 0.380 e. The number of ketones is 1. The summed E-state index contributed by atoms with van der Waals surface area (Å²) in [5.41, 5.74) is 1.07. The highest BCUT2D eigenvalue weighted by Gasteiger charge is 2.39. The molecule has 2 aromatic carbocycles. The number of anilines is 1. The van der Waals surface area contributed by atoms with Crippen LogP contribution in [0.2, 0.25) is 0 Å². The lowest BCUT2D eigenvalue weighted by Gasteiger charge is -2.41. The Kier molecular flexibility index (Phi) is 7.31. The van der Waals surface area contributed by atoms with Crippen LogP contribution in [0.3, 0.4) is 0 Å². The monoisotopic (exact) mass is 499 g/mol. The molecule has 0 bridgehead atoms. The quantitative estimate of drug-likeness (QED) is 0.428. The molecular formula is C27H28F3N3O3. The van der Waals surface area contributed by atoms with Gasteiger partial charge < -0.3 is 15.0 Å². The molecule has 36 heavy (non-hydrogen) atoms. The molecule has 6 nitrogen and oxygen atoms in total. The molecule has 0 spiro atoms. The molecular weight excluding hydrogens is 471 g/mol. The van der Waals surface area contributed by atoms with Crippen molar-refractivity contribution in [3.8, 4) is 0 Å². The number of carbonyl (C=O) groups excluding carboxylic acids is 2. The van der Waals surface area contributed by atoms with Crippen molar-refractivity contribution in [1.29, 1.82) is 0 Å². The van der Waals surface area contributed by atoms with E-state index in [0.29, 0.717) is 53.6 Å². The fourth-order valence-electron chi connectivity index (χ4n) is 4.88. The minimum absolute atomic E-state index is 0.0103. The Hall–Kier alpha value is -3.46. The number of nitrogens with zero attached hydrogens (tertiary/aromatic N) is 2. The second-order valence-electron chi connectivity index (χ2n) is 9.01. The van der Waals surface area contributed by atoms with Gasteiger partial charge in [-0.2, -0.15) is 0 Å². The Morgan fingerprint density at radius 1 is 1.17 bits per heavy atom. The van der Waals surface area contributed by atoms with E-state index in [1.54, 1.807) is 30.3 Å². The van der Waals surface area contributed by atoms with Gasteiger partial charge >= 0.3 is 0 Å². The molecule has 1 saturated heterocycles. The highest BCUT2D eigenvalue weighted by atomic mass is 19.3. The summed E-state index contributed by atoms with van der Waals surface area (Å²) in [5.74, 6) is -1.08. The van der Waals surface area contributed by atoms with Gasteiger partial charge in [0.15, 0.2) is 5.78 Å². The first kappa shape index (κ1) is 25.6. The van der Waals surface area contributed by atoms with Crippen LogP contribution in [0.5, 0.6) is 0 Å². The molecule has 190 valence electrons. The van der Waals surface area contributed by atoms with Gasteiger partial charge in [0, 0.05) is 62.1 Å². The number of carbonyl (C=O) groups is 2. The predicted octanol–water partition coefficient (Wildman–Crippen LogP) is 5.61. The average Bonchev–Trinajstić information content (AvgIpc) is 2.87. The van der Waals surface area contributed by atoms with Crippen molar-refractivity contribution >= 4 is 28.3 Å². The summed E-state index contributed by atoms with van der Waals surface area (Å²) in [6.45, 7) is 3.99. The van der Waals surface area contributed by atoms with Crippen molar-refractivity contribution in [3.05, 3.63) is 70.7 Å². The zero-order chi connectivity index (χ0) is 26.0. The lowest BCUT2D eigenvalue weighted by atomic mass is 9.80. The van der Waals surface area contributed by atoms with Gasteiger partial charge in [-0.05, 0) is 43.5 Å². The maximum absolute atomic E-state index is 14.6. The molecule has 4 rings (SSSR count). The molecule has 0 radical (unpaired) electrons. The van der Waals surface area contributed by atoms with E-state index in [2.05, 4.69) is 10.3 Å². The standard InChI is InChI=1S/C27H28F3N3O3/c1-16(34)20-14-24-21(13-22(20)27(36-3)8-11-33(12-9-27)17(2)35)23(7-10-31-24)32-15-18-5-4-6-19(25(18)28)26(29)30/h4-7,10,13-14,26H,8-9,11-12,15H2,1-3H3,(H,31,32). The number of fused-ring (bicyclic) bond motifs is 1. The van der Waals surface area contributed by atoms with Crippen molar-refractivity contribution in [2.45, 2.75) is 45.3 Å². The van der Waals surface area contributed by atoms with Gasteiger partial charge in [0.2, 0.25) is 5.91 Å². The molecule has 3 aromatic rings. The number of hydrogen-bond donors (Lipinski definition) is 1. The molecule has 0 aliphatic carbocycles. The van der Waals surface area contributed by atoms with Crippen LogP contribution in [-0.2, 0) is 21.7 Å². The summed E-state index contributed by atoms with van der Waals surface area (Å²) in [7, 11) is 1.60. The molecule has 1 fully saturated rings. The molecule has 1 amide bonds. The summed E-state index contributed by atoms with van der Waals surface area (Å²) in [5, 5.41) is 3.83. The highest BCUT2D eigenvalue weighted by Crippen LogP contribution is 2.41. The predicted molar refractivity (Wildman–Crippen MR) is 131 cm³/mol. The van der Waals surface area contributed by atoms with E-state index in [9.17, 15) is 22.8 Å². The number of alkyl halides is 2. The number of nitrogens with one attached hydrogen (secondary N) is 1. The molecule has 1 N–H and O–H groups in total. The number of ether oxygens (including phenoxy) is 1. The Labute approximate surface area is 207 Å². The number of Topliss-reactive ketones (excluding diaryl/α,β-unsaturated/α-hetero) is 1. The highest BCUT2D eigenvalue weighted by molar-refractivity contribution is 6.02. The normalized spacial score (nSPS) is 15.4. The summed E-state index contributed by atoms with van der Waals surface area (Å²) in [4.78, 5) is 30.6. The van der Waals surface area contributed by atoms with Crippen molar-refractivity contribution in [1.82, 2.24) is 9.88 Å². The lowest BCUT2D eigenvalue weighted by Crippen LogP contribution is -2.46. The maximum Gasteiger partial charge on any atom is 0.266 e. The first-order valence-electron chi connectivity index (χ1n) is 11.7. The number of aromatic nitrogens is 1. The van der Waals surface area contributed by atoms with Gasteiger partial charge in [-0.25, -0.2) is 13.2 Å². The number of pyridine rings is 1. The number of benzene rings is 2. The number of amides is 1. The molecule has 0 atom stereocenters. The van der Waals surface area contributed by atoms with Crippen LogP contribution in [0.4, 0.5) is 18.9 Å². The van der Waals surface area contributed by atoms with Crippen LogP contribution in [0.25, 0.3) is 10.9 Å². The van der Waals surface area contributed by atoms with Crippen molar-refractivity contribution < 1.29 is 27.5 Å². The fraction of sp³-hybridized carbons (Fsp3) is 0.370. The van der Waals surface area contributed by atoms with Gasteiger partial charge in [-0.1, -0.05) is 18.2 Å². The minimum Gasteiger partial charge on any atom is -0.380 e. The summed E-state index contributed by atoms with van der Waals surface area (Å²) >= 11 is 0. The van der Waals surface area contributed by atoms with Crippen LogP contribution < -0.4 is 5.32 Å². The second kappa shape index (κ2) is 10.3. The van der Waals surface area contributed by atoms with E-state index in [4.69, 9.17) is 4.74 Å². The van der Waals surface area contributed by atoms with Gasteiger partial charge in [0.05, 0.1) is 16.7 Å². The molecule has 1 aliphatic rings. The summed E-state index contributed by atoms with van der Waals surface area (Å²) < 4.78 is 46.8. The first-order chi connectivity index (χ1) is 17.2. The molecule has 1 aromatic heterocycles. The third kappa shape index (κ3) is 4.80. The Bertz CT molecular complexity index is 1300. The van der Waals surface area contributed by atoms with E-state index in [1.165, 1.54) is 26.0 Å². The van der Waals surface area contributed by atoms with Crippen molar-refractivity contribution in [2.24, 2.45) is 0 Å². The lowest BCUT2D eigenvalue weighted by molar-refractivity contribution is -0.135. The maximum atomic E-state index is 14.6. The smallest absolute Gasteiger partial charge is 0.266 e. The molecule has 9 heteroatoms. The molecule has 0 unspecified atom stereocenters. The summed E-state index contributed by atoms with van der Waals surface area (Å²) in [6.07, 6.45) is -0.302. The average molecular weight is 500 g/mol. The second-order valence-corrected chi connectivity index (χ2v) is 9.01. The zero-order valence-corrected chi connectivity index (χ0v) is 20.4. The number of methoxy groups -OCH3 is 1. The third-order valence-corrected chi connectivity index (χ3v) is 6.97. The van der Waals surface area contributed by atoms with Crippen molar-refractivity contribution in [2.75, 3.05) is 25.5 Å². The third-order valence-electron chi connectivity index (χ3n) is 6.97. The number of piperidine rings is 1. The molecule has 0 saturated carbocycles. The van der Waals surface area contributed by atoms with Crippen molar-refractivity contribution in [3.63, 3.8) is 0 Å². The van der Waals surface area contributed by atoms with Gasteiger partial charge in [0.1, 0.15) is 5.82 Å². The topological polar surface area (TPSA) is 71.5 Å². The summed E-state index contributed by atoms with van der Waals surface area (Å²) in [6, 6.07) is 9.22. The van der Waals surface area contributed by atoms with E-state index in [1.807, 2.05) is 6.07 Å². The zero-order valence-electron chi connectivity index (χ0n) is 20.4. The van der Waals surface area contributed by atoms with Crippen LogP contribution in [0, 0.1) is 5.82 Å². The van der Waals surface area contributed by atoms with Crippen LogP contribution in [0.15, 0.2) is 42.6 Å². The molecule has 2 heterocycles. The van der Waals surface area contributed by atoms with Gasteiger partial charge in [-0.15, -0.1) is 0 Å². The Morgan fingerprint density at radius 3 is 2.50 bits per heavy atom. The van der Waals surface area contributed by atoms with Gasteiger partial charge in [-0.3, -0.25) is 14.6 Å². The van der Waals surface area contributed by atoms with E-state index in [-0.39, 0.29) is 23.8 Å². The van der Waals surface area contributed by atoms with E-state index in [0.717, 1.165) is 6.07 Å². The van der Waals surface area contributed by atoms with Crippen LogP contribution in [-0.4, -0.2) is 41.8 Å². The molecule has 1 aliphatic heterocycles. The first-order valence-corrected chi connectivity index (χ1v) is 11.7. The number of rotatable bonds is 7. The Morgan fingerprint density at radius 2 is 1.89 bits per heavy atom. The number of hydrogen-bond acceptors (Lipinski definition) is 5. The van der Waals surface area contributed by atoms with E-state index < -0.39 is 23.4 Å². The SMILES string of the molecule is COC1(c2cc3c(NCc4cccc(C(F)F)c4F)ccnc3cc2C(C)=O)CCN(C(C)=O)CC1. The van der Waals surface area contributed by atoms with Crippen LogP contribution in [0.1, 0.15) is 60.2 Å². The fourth-order valence-corrected chi connectivity index (χ4v) is 4.88. The Balaban J connectivity index is 1.74. The number of halogens is 3. The van der Waals surface area contributed by atoms with E-state index >= 15 is 0 Å². The van der Waals surface area contributed by atoms with Gasteiger partial charge in [0.25, 0.3) is 6.43 Å². The minimum atomic E-state index is -2.90. The van der Waals surface area contributed by atoms with Crippen LogP contribution >= 0.6 is 0 Å².